The Bertz CT molecular complexity index is 666. The van der Waals surface area contributed by atoms with Gasteiger partial charge in [-0.1, -0.05) is 12.2 Å². The number of rotatable bonds is 5. The van der Waals surface area contributed by atoms with E-state index in [4.69, 9.17) is 4.74 Å². The van der Waals surface area contributed by atoms with Crippen LogP contribution in [-0.4, -0.2) is 23.1 Å². The van der Waals surface area contributed by atoms with Crippen LogP contribution in [-0.2, 0) is 16.0 Å². The van der Waals surface area contributed by atoms with Gasteiger partial charge in [-0.25, -0.2) is 4.98 Å². The fourth-order valence-corrected chi connectivity index (χ4v) is 4.43. The van der Waals surface area contributed by atoms with Crippen molar-refractivity contribution >= 4 is 28.6 Å². The summed E-state index contributed by atoms with van der Waals surface area (Å²) in [5.41, 5.74) is 1.23. The lowest BCUT2D eigenvalue weighted by molar-refractivity contribution is -0.126. The van der Waals surface area contributed by atoms with Crippen LogP contribution in [0, 0.1) is 5.92 Å². The predicted molar refractivity (Wildman–Crippen MR) is 86.9 cm³/mol. The minimum Gasteiger partial charge on any atom is -0.366 e. The van der Waals surface area contributed by atoms with Crippen molar-refractivity contribution in [1.82, 2.24) is 10.3 Å². The highest BCUT2D eigenvalue weighted by Crippen LogP contribution is 2.34. The molecule has 2 aromatic rings. The number of ether oxygens (including phenoxy) is 1. The van der Waals surface area contributed by atoms with Crippen molar-refractivity contribution in [2.24, 2.45) is 5.92 Å². The van der Waals surface area contributed by atoms with Gasteiger partial charge in [0.2, 0.25) is 5.91 Å². The lowest BCUT2D eigenvalue weighted by Gasteiger charge is -2.21. The third kappa shape index (κ3) is 2.74. The van der Waals surface area contributed by atoms with Gasteiger partial charge in [-0.3, -0.25) is 4.79 Å². The molecule has 1 N–H and O–H groups in total. The van der Waals surface area contributed by atoms with Crippen LogP contribution in [0.5, 0.6) is 0 Å². The van der Waals surface area contributed by atoms with E-state index in [1.807, 2.05) is 11.5 Å². The minimum absolute atomic E-state index is 0.0527. The molecule has 2 aliphatic rings. The number of nitrogens with zero attached hydrogens (tertiary/aromatic N) is 1. The van der Waals surface area contributed by atoms with Gasteiger partial charge in [-0.15, -0.1) is 11.3 Å². The standard InChI is InChI=1S/C16H16N2O2S2/c19-15(12-8-11-1-2-14(12)20-11)18-13(16-17-4-6-22-16)7-10-3-5-21-9-10/h1-6,9,11-14H,7-8H2,(H,18,19)/t11-,12-,13-,14-/m1/s1. The molecule has 0 spiro atoms. The van der Waals surface area contributed by atoms with Gasteiger partial charge in [0.05, 0.1) is 24.2 Å². The maximum atomic E-state index is 12.6. The van der Waals surface area contributed by atoms with E-state index in [-0.39, 0.29) is 30.1 Å². The monoisotopic (exact) mass is 332 g/mol. The maximum absolute atomic E-state index is 12.6. The van der Waals surface area contributed by atoms with E-state index in [2.05, 4.69) is 33.2 Å². The maximum Gasteiger partial charge on any atom is 0.226 e. The van der Waals surface area contributed by atoms with E-state index in [1.54, 1.807) is 28.9 Å². The highest BCUT2D eigenvalue weighted by atomic mass is 32.1. The van der Waals surface area contributed by atoms with Gasteiger partial charge in [0, 0.05) is 18.0 Å². The second kappa shape index (κ2) is 5.95. The van der Waals surface area contributed by atoms with E-state index >= 15 is 0 Å². The van der Waals surface area contributed by atoms with Crippen LogP contribution in [0.15, 0.2) is 40.6 Å². The first kappa shape index (κ1) is 14.1. The Morgan fingerprint density at radius 1 is 1.45 bits per heavy atom. The van der Waals surface area contributed by atoms with Crippen molar-refractivity contribution in [3.05, 3.63) is 51.1 Å². The summed E-state index contributed by atoms with van der Waals surface area (Å²) in [7, 11) is 0. The smallest absolute Gasteiger partial charge is 0.226 e. The van der Waals surface area contributed by atoms with Crippen molar-refractivity contribution in [3.8, 4) is 0 Å². The number of hydrogen-bond acceptors (Lipinski definition) is 5. The summed E-state index contributed by atoms with van der Waals surface area (Å²) in [5, 5.41) is 10.3. The third-order valence-electron chi connectivity index (χ3n) is 4.15. The number of thiazole rings is 1. The number of nitrogens with one attached hydrogen (secondary N) is 1. The molecule has 2 aromatic heterocycles. The highest BCUT2D eigenvalue weighted by molar-refractivity contribution is 7.09. The van der Waals surface area contributed by atoms with Crippen molar-refractivity contribution in [2.75, 3.05) is 0 Å². The molecule has 4 nitrogen and oxygen atoms in total. The Morgan fingerprint density at radius 2 is 2.41 bits per heavy atom. The van der Waals surface area contributed by atoms with E-state index in [0.717, 1.165) is 17.8 Å². The zero-order valence-electron chi connectivity index (χ0n) is 11.8. The van der Waals surface area contributed by atoms with Crippen molar-refractivity contribution in [2.45, 2.75) is 31.1 Å². The molecule has 0 radical (unpaired) electrons. The molecule has 1 fully saturated rings. The summed E-state index contributed by atoms with van der Waals surface area (Å²) < 4.78 is 5.70. The molecular weight excluding hydrogens is 316 g/mol. The number of carbonyl (C=O) groups excluding carboxylic acids is 1. The fourth-order valence-electron chi connectivity index (χ4n) is 3.06. The van der Waals surface area contributed by atoms with Gasteiger partial charge in [0.1, 0.15) is 5.01 Å². The zero-order chi connectivity index (χ0) is 14.9. The molecule has 0 aliphatic carbocycles. The molecule has 0 unspecified atom stereocenters. The lowest BCUT2D eigenvalue weighted by atomic mass is 9.93. The summed E-state index contributed by atoms with van der Waals surface area (Å²) in [4.78, 5) is 17.0. The van der Waals surface area contributed by atoms with Crippen molar-refractivity contribution < 1.29 is 9.53 Å². The van der Waals surface area contributed by atoms with Crippen LogP contribution in [0.4, 0.5) is 0 Å². The second-order valence-corrected chi connectivity index (χ2v) is 7.34. The average molecular weight is 332 g/mol. The van der Waals surface area contributed by atoms with Crippen LogP contribution >= 0.6 is 22.7 Å². The van der Waals surface area contributed by atoms with Gasteiger partial charge in [0.15, 0.2) is 0 Å². The summed E-state index contributed by atoms with van der Waals surface area (Å²) in [6.45, 7) is 0. The summed E-state index contributed by atoms with van der Waals surface area (Å²) in [6, 6.07) is 2.03. The first-order valence-corrected chi connectivity index (χ1v) is 9.16. The topological polar surface area (TPSA) is 51.2 Å². The zero-order valence-corrected chi connectivity index (χ0v) is 13.5. The summed E-state index contributed by atoms with van der Waals surface area (Å²) >= 11 is 3.26. The van der Waals surface area contributed by atoms with E-state index < -0.39 is 0 Å². The molecule has 114 valence electrons. The van der Waals surface area contributed by atoms with Crippen LogP contribution in [0.2, 0.25) is 0 Å². The molecule has 4 rings (SSSR count). The largest absolute Gasteiger partial charge is 0.366 e. The Hall–Kier alpha value is -1.50. The summed E-state index contributed by atoms with van der Waals surface area (Å²) in [6.07, 6.45) is 7.49. The molecule has 6 heteroatoms. The van der Waals surface area contributed by atoms with Crippen LogP contribution in [0.1, 0.15) is 23.0 Å². The first-order chi connectivity index (χ1) is 10.8. The van der Waals surface area contributed by atoms with Gasteiger partial charge in [-0.2, -0.15) is 11.3 Å². The molecule has 2 bridgehead atoms. The van der Waals surface area contributed by atoms with Crippen LogP contribution in [0.3, 0.4) is 0 Å². The Morgan fingerprint density at radius 3 is 3.05 bits per heavy atom. The van der Waals surface area contributed by atoms with E-state index in [1.165, 1.54) is 5.56 Å². The average Bonchev–Trinajstić information content (AvgIpc) is 3.28. The third-order valence-corrected chi connectivity index (χ3v) is 5.77. The van der Waals surface area contributed by atoms with Crippen LogP contribution < -0.4 is 5.32 Å². The normalized spacial score (nSPS) is 27.2. The number of carbonyl (C=O) groups is 1. The molecule has 1 saturated heterocycles. The molecular formula is C16H16N2O2S2. The quantitative estimate of drug-likeness (QED) is 0.857. The molecule has 1 amide bonds. The minimum atomic E-state index is -0.0695. The predicted octanol–water partition coefficient (Wildman–Crippen LogP) is 2.95. The molecule has 4 atom stereocenters. The molecule has 22 heavy (non-hydrogen) atoms. The van der Waals surface area contributed by atoms with Crippen LogP contribution in [0.25, 0.3) is 0 Å². The van der Waals surface area contributed by atoms with Gasteiger partial charge in [0.25, 0.3) is 0 Å². The highest BCUT2D eigenvalue weighted by Gasteiger charge is 2.41. The molecule has 0 saturated carbocycles. The number of aromatic nitrogens is 1. The van der Waals surface area contributed by atoms with E-state index in [0.29, 0.717) is 0 Å². The Balaban J connectivity index is 1.49. The van der Waals surface area contributed by atoms with Gasteiger partial charge >= 0.3 is 0 Å². The van der Waals surface area contributed by atoms with E-state index in [9.17, 15) is 4.79 Å². The number of amides is 1. The van der Waals surface area contributed by atoms with Crippen molar-refractivity contribution in [1.29, 1.82) is 0 Å². The van der Waals surface area contributed by atoms with Gasteiger partial charge < -0.3 is 10.1 Å². The first-order valence-electron chi connectivity index (χ1n) is 7.34. The number of thiophene rings is 1. The summed E-state index contributed by atoms with van der Waals surface area (Å²) in [5.74, 6) is 0.00668. The van der Waals surface area contributed by atoms with Crippen molar-refractivity contribution in [3.63, 3.8) is 0 Å². The molecule has 4 heterocycles. The second-order valence-electron chi connectivity index (χ2n) is 5.63. The SMILES string of the molecule is O=C(N[C@H](Cc1ccsc1)c1nccs1)[C@@H]1C[C@H]2C=C[C@H]1O2. The number of fused-ring (bicyclic) bond motifs is 2. The number of hydrogen-bond donors (Lipinski definition) is 1. The Kier molecular flexibility index (Phi) is 3.82. The lowest BCUT2D eigenvalue weighted by Crippen LogP contribution is -2.38. The molecule has 2 aliphatic heterocycles. The van der Waals surface area contributed by atoms with Gasteiger partial charge in [-0.05, 0) is 28.8 Å². The Labute approximate surface area is 136 Å². The fraction of sp³-hybridized carbons (Fsp3) is 0.375. The molecule has 0 aromatic carbocycles.